The minimum atomic E-state index is -1.28. The van der Waals surface area contributed by atoms with Crippen LogP contribution in [0, 0.1) is 0 Å². The van der Waals surface area contributed by atoms with Crippen LogP contribution in [-0.2, 0) is 4.79 Å². The Balaban J connectivity index is 3.61. The van der Waals surface area contributed by atoms with Crippen molar-refractivity contribution in [2.45, 2.75) is 18.6 Å². The number of hydrogen-bond donors (Lipinski definition) is 4. The molecule has 5 heteroatoms. The minimum absolute atomic E-state index is 0.332. The van der Waals surface area contributed by atoms with E-state index >= 15 is 0 Å². The Morgan fingerprint density at radius 2 is 1.90 bits per heavy atom. The molecule has 0 heterocycles. The van der Waals surface area contributed by atoms with Gasteiger partial charge in [-0.3, -0.25) is 4.79 Å². The topological polar surface area (TPSA) is 104 Å². The molecule has 10 heavy (non-hydrogen) atoms. The van der Waals surface area contributed by atoms with E-state index in [-0.39, 0.29) is 6.42 Å². The molecule has 0 aromatic heterocycles. The lowest BCUT2D eigenvalue weighted by Crippen LogP contribution is -2.33. The molecule has 0 aliphatic rings. The molecule has 0 bridgehead atoms. The van der Waals surface area contributed by atoms with Crippen LogP contribution in [0.1, 0.15) is 6.42 Å². The van der Waals surface area contributed by atoms with Crippen LogP contribution in [0.4, 0.5) is 0 Å². The molecule has 0 aromatic rings. The average Bonchev–Trinajstić information content (AvgIpc) is 1.85. The van der Waals surface area contributed by atoms with E-state index in [0.717, 1.165) is 0 Å². The molecule has 1 amide bonds. The first-order valence-electron chi connectivity index (χ1n) is 2.83. The molecule has 60 valence electrons. The summed E-state index contributed by atoms with van der Waals surface area (Å²) in [6.45, 7) is -0.575. The second kappa shape index (κ2) is 4.21. The molecule has 2 unspecified atom stereocenters. The Morgan fingerprint density at radius 3 is 2.20 bits per heavy atom. The van der Waals surface area contributed by atoms with Crippen molar-refractivity contribution in [1.82, 2.24) is 0 Å². The van der Waals surface area contributed by atoms with Gasteiger partial charge in [0.15, 0.2) is 0 Å². The Kier molecular flexibility index (Phi) is 3.94. The summed E-state index contributed by atoms with van der Waals surface area (Å²) >= 11 is 0. The summed E-state index contributed by atoms with van der Waals surface area (Å²) in [5.74, 6) is -0.708. The molecule has 0 aromatic carbocycles. The Bertz CT molecular complexity index is 116. The van der Waals surface area contributed by atoms with E-state index < -0.39 is 24.7 Å². The fraction of sp³-hybridized carbons (Fsp3) is 0.800. The van der Waals surface area contributed by atoms with Gasteiger partial charge in [0.25, 0.3) is 0 Å². The standard InChI is InChI=1S/C5H11NO4/c6-5(10)1-3(8)4(9)2-7/h3-4,7-9H,1-2H2,(H2,6,10). The van der Waals surface area contributed by atoms with Crippen LogP contribution in [0.3, 0.4) is 0 Å². The SMILES string of the molecule is NC(=O)CC(O)C(O)CO. The number of aliphatic hydroxyl groups is 3. The molecular weight excluding hydrogens is 138 g/mol. The van der Waals surface area contributed by atoms with E-state index in [4.69, 9.17) is 21.1 Å². The molecular formula is C5H11NO4. The summed E-state index contributed by atoms with van der Waals surface area (Å²) in [6, 6.07) is 0. The number of nitrogens with two attached hydrogens (primary N) is 1. The number of aliphatic hydroxyl groups excluding tert-OH is 3. The van der Waals surface area contributed by atoms with Crippen LogP contribution in [0.5, 0.6) is 0 Å². The van der Waals surface area contributed by atoms with Gasteiger partial charge in [0.2, 0.25) is 5.91 Å². The zero-order valence-electron chi connectivity index (χ0n) is 5.40. The van der Waals surface area contributed by atoms with Crippen LogP contribution in [0.25, 0.3) is 0 Å². The van der Waals surface area contributed by atoms with Crippen molar-refractivity contribution in [3.05, 3.63) is 0 Å². The maximum absolute atomic E-state index is 10.1. The van der Waals surface area contributed by atoms with Crippen LogP contribution in [0.15, 0.2) is 0 Å². The van der Waals surface area contributed by atoms with E-state index in [0.29, 0.717) is 0 Å². The Morgan fingerprint density at radius 1 is 1.40 bits per heavy atom. The molecule has 0 aliphatic carbocycles. The van der Waals surface area contributed by atoms with E-state index in [1.165, 1.54) is 0 Å². The van der Waals surface area contributed by atoms with Gasteiger partial charge in [-0.05, 0) is 0 Å². The predicted octanol–water partition coefficient (Wildman–Crippen LogP) is -2.42. The minimum Gasteiger partial charge on any atom is -0.394 e. The van der Waals surface area contributed by atoms with Gasteiger partial charge in [0, 0.05) is 0 Å². The second-order valence-electron chi connectivity index (χ2n) is 1.99. The molecule has 0 saturated carbocycles. The normalized spacial score (nSPS) is 16.3. The van der Waals surface area contributed by atoms with Crippen molar-refractivity contribution >= 4 is 5.91 Å². The van der Waals surface area contributed by atoms with Gasteiger partial charge in [0.1, 0.15) is 6.10 Å². The zero-order chi connectivity index (χ0) is 8.15. The number of carbonyl (C=O) groups excluding carboxylic acids is 1. The van der Waals surface area contributed by atoms with E-state index in [1.807, 2.05) is 0 Å². The molecule has 2 atom stereocenters. The highest BCUT2D eigenvalue weighted by Crippen LogP contribution is 1.96. The maximum Gasteiger partial charge on any atom is 0.220 e. The second-order valence-corrected chi connectivity index (χ2v) is 1.99. The quantitative estimate of drug-likeness (QED) is 0.357. The fourth-order valence-corrected chi connectivity index (χ4v) is 0.464. The zero-order valence-corrected chi connectivity index (χ0v) is 5.40. The lowest BCUT2D eigenvalue weighted by Gasteiger charge is -2.12. The smallest absolute Gasteiger partial charge is 0.220 e. The van der Waals surface area contributed by atoms with E-state index in [1.54, 1.807) is 0 Å². The first-order valence-corrected chi connectivity index (χ1v) is 2.83. The molecule has 0 fully saturated rings. The summed E-state index contributed by atoms with van der Waals surface area (Å²) in [6.07, 6.45) is -2.88. The van der Waals surface area contributed by atoms with Gasteiger partial charge in [-0.1, -0.05) is 0 Å². The summed E-state index contributed by atoms with van der Waals surface area (Å²) in [4.78, 5) is 10.1. The van der Waals surface area contributed by atoms with Crippen molar-refractivity contribution in [3.8, 4) is 0 Å². The highest BCUT2D eigenvalue weighted by molar-refractivity contribution is 5.74. The Hall–Kier alpha value is -0.650. The summed E-state index contributed by atoms with van der Waals surface area (Å²) in [5.41, 5.74) is 4.69. The highest BCUT2D eigenvalue weighted by Gasteiger charge is 2.16. The van der Waals surface area contributed by atoms with Crippen LogP contribution < -0.4 is 5.73 Å². The molecule has 0 spiro atoms. The van der Waals surface area contributed by atoms with E-state index in [2.05, 4.69) is 0 Å². The number of amides is 1. The largest absolute Gasteiger partial charge is 0.394 e. The summed E-state index contributed by atoms with van der Waals surface area (Å²) in [7, 11) is 0. The monoisotopic (exact) mass is 149 g/mol. The van der Waals surface area contributed by atoms with Crippen molar-refractivity contribution in [2.24, 2.45) is 5.73 Å². The third kappa shape index (κ3) is 3.39. The number of hydrogen-bond acceptors (Lipinski definition) is 4. The van der Waals surface area contributed by atoms with Crippen molar-refractivity contribution in [3.63, 3.8) is 0 Å². The van der Waals surface area contributed by atoms with Gasteiger partial charge >= 0.3 is 0 Å². The van der Waals surface area contributed by atoms with Crippen LogP contribution in [-0.4, -0.2) is 40.0 Å². The summed E-state index contributed by atoms with van der Waals surface area (Å²) < 4.78 is 0. The lowest BCUT2D eigenvalue weighted by atomic mass is 10.1. The predicted molar refractivity (Wildman–Crippen MR) is 32.9 cm³/mol. The molecule has 5 nitrogen and oxygen atoms in total. The van der Waals surface area contributed by atoms with Crippen LogP contribution in [0.2, 0.25) is 0 Å². The number of primary amides is 1. The van der Waals surface area contributed by atoms with Crippen molar-refractivity contribution in [1.29, 1.82) is 0 Å². The third-order valence-electron chi connectivity index (χ3n) is 1.04. The molecule has 0 radical (unpaired) electrons. The molecule has 0 rings (SSSR count). The Labute approximate surface area is 58.1 Å². The molecule has 0 saturated heterocycles. The molecule has 0 aliphatic heterocycles. The number of carbonyl (C=O) groups is 1. The maximum atomic E-state index is 10.1. The van der Waals surface area contributed by atoms with Crippen molar-refractivity contribution in [2.75, 3.05) is 6.61 Å². The first-order chi connectivity index (χ1) is 4.57. The van der Waals surface area contributed by atoms with Gasteiger partial charge in [0.05, 0.1) is 19.1 Å². The van der Waals surface area contributed by atoms with Crippen LogP contribution >= 0.6 is 0 Å². The van der Waals surface area contributed by atoms with Gasteiger partial charge in [-0.25, -0.2) is 0 Å². The van der Waals surface area contributed by atoms with Crippen molar-refractivity contribution < 1.29 is 20.1 Å². The summed E-state index contributed by atoms with van der Waals surface area (Å²) in [5, 5.41) is 25.7. The average molecular weight is 149 g/mol. The lowest BCUT2D eigenvalue weighted by molar-refractivity contribution is -0.122. The number of rotatable bonds is 4. The molecule has 5 N–H and O–H groups in total. The third-order valence-corrected chi connectivity index (χ3v) is 1.04. The van der Waals surface area contributed by atoms with Gasteiger partial charge < -0.3 is 21.1 Å². The fourth-order valence-electron chi connectivity index (χ4n) is 0.464. The van der Waals surface area contributed by atoms with E-state index in [9.17, 15) is 4.79 Å². The highest BCUT2D eigenvalue weighted by atomic mass is 16.4. The van der Waals surface area contributed by atoms with Gasteiger partial charge in [-0.2, -0.15) is 0 Å². The van der Waals surface area contributed by atoms with Gasteiger partial charge in [-0.15, -0.1) is 0 Å². The first kappa shape index (κ1) is 9.35.